The van der Waals surface area contributed by atoms with E-state index >= 15 is 0 Å². The highest BCUT2D eigenvalue weighted by Gasteiger charge is 2.28. The Kier molecular flexibility index (Phi) is 4.91. The zero-order chi connectivity index (χ0) is 18.9. The van der Waals surface area contributed by atoms with Crippen LogP contribution in [0.4, 0.5) is 4.79 Å². The SMILES string of the molecule is COc1ccc(S(=O)(=O)c2ccc(C3CCN(C(=O)O)C3)c(C)c2)cc1. The minimum atomic E-state index is -3.61. The molecule has 1 unspecified atom stereocenters. The van der Waals surface area contributed by atoms with Crippen LogP contribution in [-0.4, -0.2) is 44.7 Å². The van der Waals surface area contributed by atoms with E-state index in [1.54, 1.807) is 24.3 Å². The van der Waals surface area contributed by atoms with Crippen LogP contribution < -0.4 is 4.74 Å². The fourth-order valence-electron chi connectivity index (χ4n) is 3.35. The maximum atomic E-state index is 12.8. The average Bonchev–Trinajstić information content (AvgIpc) is 3.11. The number of aryl methyl sites for hydroxylation is 1. The smallest absolute Gasteiger partial charge is 0.407 e. The van der Waals surface area contributed by atoms with Gasteiger partial charge in [-0.1, -0.05) is 6.07 Å². The molecule has 3 rings (SSSR count). The molecular formula is C19H21NO5S. The number of benzene rings is 2. The van der Waals surface area contributed by atoms with E-state index in [2.05, 4.69) is 0 Å². The van der Waals surface area contributed by atoms with Gasteiger partial charge in [-0.25, -0.2) is 13.2 Å². The Balaban J connectivity index is 1.88. The van der Waals surface area contributed by atoms with Gasteiger partial charge in [0.2, 0.25) is 9.84 Å². The van der Waals surface area contributed by atoms with Crippen molar-refractivity contribution in [3.05, 3.63) is 53.6 Å². The summed E-state index contributed by atoms with van der Waals surface area (Å²) in [4.78, 5) is 12.9. The second-order valence-electron chi connectivity index (χ2n) is 6.41. The molecule has 1 N–H and O–H groups in total. The van der Waals surface area contributed by atoms with Gasteiger partial charge in [-0.3, -0.25) is 0 Å². The van der Waals surface area contributed by atoms with E-state index in [-0.39, 0.29) is 15.7 Å². The highest BCUT2D eigenvalue weighted by molar-refractivity contribution is 7.91. The topological polar surface area (TPSA) is 83.9 Å². The third-order valence-electron chi connectivity index (χ3n) is 4.82. The van der Waals surface area contributed by atoms with Crippen molar-refractivity contribution in [1.29, 1.82) is 0 Å². The highest BCUT2D eigenvalue weighted by atomic mass is 32.2. The summed E-state index contributed by atoms with van der Waals surface area (Å²) < 4.78 is 30.7. The molecule has 1 heterocycles. The summed E-state index contributed by atoms with van der Waals surface area (Å²) in [6, 6.07) is 11.4. The second-order valence-corrected chi connectivity index (χ2v) is 8.36. The van der Waals surface area contributed by atoms with Gasteiger partial charge in [-0.05, 0) is 60.9 Å². The van der Waals surface area contributed by atoms with Crippen molar-refractivity contribution >= 4 is 15.9 Å². The van der Waals surface area contributed by atoms with E-state index in [1.165, 1.54) is 24.1 Å². The molecule has 2 aromatic rings. The minimum Gasteiger partial charge on any atom is -0.497 e. The fraction of sp³-hybridized carbons (Fsp3) is 0.316. The predicted molar refractivity (Wildman–Crippen MR) is 96.6 cm³/mol. The number of carbonyl (C=O) groups is 1. The van der Waals surface area contributed by atoms with Crippen LogP contribution in [0.3, 0.4) is 0 Å². The third kappa shape index (κ3) is 3.39. The molecule has 0 saturated carbocycles. The van der Waals surface area contributed by atoms with Crippen molar-refractivity contribution in [3.63, 3.8) is 0 Å². The van der Waals surface area contributed by atoms with E-state index in [0.717, 1.165) is 17.5 Å². The normalized spacial score (nSPS) is 17.3. The summed E-state index contributed by atoms with van der Waals surface area (Å²) in [6.45, 7) is 2.82. The number of hydrogen-bond donors (Lipinski definition) is 1. The van der Waals surface area contributed by atoms with Crippen LogP contribution in [0.5, 0.6) is 5.75 Å². The number of rotatable bonds is 4. The van der Waals surface area contributed by atoms with Crippen LogP contribution in [0.15, 0.2) is 52.3 Å². The number of likely N-dealkylation sites (tertiary alicyclic amines) is 1. The van der Waals surface area contributed by atoms with Gasteiger partial charge >= 0.3 is 6.09 Å². The number of carboxylic acid groups (broad SMARTS) is 1. The van der Waals surface area contributed by atoms with E-state index in [0.29, 0.717) is 18.8 Å². The maximum Gasteiger partial charge on any atom is 0.407 e. The molecule has 1 amide bonds. The first-order chi connectivity index (χ1) is 12.3. The van der Waals surface area contributed by atoms with Gasteiger partial charge in [0.05, 0.1) is 16.9 Å². The number of amides is 1. The summed E-state index contributed by atoms with van der Waals surface area (Å²) >= 11 is 0. The number of methoxy groups -OCH3 is 1. The van der Waals surface area contributed by atoms with Gasteiger partial charge in [0, 0.05) is 19.0 Å². The van der Waals surface area contributed by atoms with Crippen molar-refractivity contribution in [3.8, 4) is 5.75 Å². The lowest BCUT2D eigenvalue weighted by molar-refractivity contribution is 0.155. The van der Waals surface area contributed by atoms with Gasteiger partial charge < -0.3 is 14.7 Å². The molecule has 0 aliphatic carbocycles. The number of hydrogen-bond acceptors (Lipinski definition) is 4. The quantitative estimate of drug-likeness (QED) is 0.886. The molecule has 7 heteroatoms. The van der Waals surface area contributed by atoms with E-state index in [4.69, 9.17) is 9.84 Å². The van der Waals surface area contributed by atoms with Crippen molar-refractivity contribution in [2.75, 3.05) is 20.2 Å². The van der Waals surface area contributed by atoms with Gasteiger partial charge in [0.15, 0.2) is 0 Å². The molecular weight excluding hydrogens is 354 g/mol. The van der Waals surface area contributed by atoms with Gasteiger partial charge in [0.1, 0.15) is 5.75 Å². The third-order valence-corrected chi connectivity index (χ3v) is 6.59. The summed E-state index contributed by atoms with van der Waals surface area (Å²) in [7, 11) is -2.08. The molecule has 2 aromatic carbocycles. The molecule has 138 valence electrons. The summed E-state index contributed by atoms with van der Waals surface area (Å²) in [5, 5.41) is 9.10. The van der Waals surface area contributed by atoms with Crippen LogP contribution in [0, 0.1) is 6.92 Å². The average molecular weight is 375 g/mol. The van der Waals surface area contributed by atoms with E-state index in [9.17, 15) is 13.2 Å². The van der Waals surface area contributed by atoms with Crippen LogP contribution in [0.25, 0.3) is 0 Å². The zero-order valence-corrected chi connectivity index (χ0v) is 15.5. The minimum absolute atomic E-state index is 0.101. The van der Waals surface area contributed by atoms with Crippen LogP contribution in [0.1, 0.15) is 23.5 Å². The maximum absolute atomic E-state index is 12.8. The molecule has 6 nitrogen and oxygen atoms in total. The Bertz CT molecular complexity index is 921. The lowest BCUT2D eigenvalue weighted by Gasteiger charge is -2.16. The first-order valence-electron chi connectivity index (χ1n) is 8.30. The number of ether oxygens (including phenoxy) is 1. The molecule has 1 saturated heterocycles. The standard InChI is InChI=1S/C19H21NO5S/c1-13-11-17(26(23,24)16-5-3-15(25-2)4-6-16)7-8-18(13)14-9-10-20(12-14)19(21)22/h3-8,11,14H,9-10,12H2,1-2H3,(H,21,22). The number of sulfone groups is 1. The first kappa shape index (κ1) is 18.3. The monoisotopic (exact) mass is 375 g/mol. The van der Waals surface area contributed by atoms with Gasteiger partial charge in [0.25, 0.3) is 0 Å². The Morgan fingerprint density at radius 2 is 1.81 bits per heavy atom. The highest BCUT2D eigenvalue weighted by Crippen LogP contribution is 2.32. The molecule has 1 aliphatic heterocycles. The molecule has 1 fully saturated rings. The Morgan fingerprint density at radius 1 is 1.15 bits per heavy atom. The van der Waals surface area contributed by atoms with Crippen molar-refractivity contribution < 1.29 is 23.1 Å². The Labute approximate surface area is 152 Å². The molecule has 1 atom stereocenters. The zero-order valence-electron chi connectivity index (χ0n) is 14.7. The Morgan fingerprint density at radius 3 is 2.35 bits per heavy atom. The molecule has 1 aliphatic rings. The van der Waals surface area contributed by atoms with Gasteiger partial charge in [-0.2, -0.15) is 0 Å². The molecule has 0 radical (unpaired) electrons. The van der Waals surface area contributed by atoms with E-state index < -0.39 is 15.9 Å². The molecule has 0 spiro atoms. The lowest BCUT2D eigenvalue weighted by Crippen LogP contribution is -2.26. The first-order valence-corrected chi connectivity index (χ1v) is 9.79. The molecule has 0 aromatic heterocycles. The molecule has 26 heavy (non-hydrogen) atoms. The molecule has 0 bridgehead atoms. The van der Waals surface area contributed by atoms with E-state index in [1.807, 2.05) is 13.0 Å². The number of nitrogens with zero attached hydrogens (tertiary/aromatic N) is 1. The van der Waals surface area contributed by atoms with Crippen LogP contribution >= 0.6 is 0 Å². The lowest BCUT2D eigenvalue weighted by atomic mass is 9.94. The summed E-state index contributed by atoms with van der Waals surface area (Å²) in [6.07, 6.45) is -0.165. The van der Waals surface area contributed by atoms with Gasteiger partial charge in [-0.15, -0.1) is 0 Å². The van der Waals surface area contributed by atoms with Crippen LogP contribution in [0.2, 0.25) is 0 Å². The van der Waals surface area contributed by atoms with Crippen molar-refractivity contribution in [1.82, 2.24) is 4.90 Å². The fourth-order valence-corrected chi connectivity index (χ4v) is 4.70. The predicted octanol–water partition coefficient (Wildman–Crippen LogP) is 3.30. The summed E-state index contributed by atoms with van der Waals surface area (Å²) in [5.74, 6) is 0.698. The van der Waals surface area contributed by atoms with Crippen molar-refractivity contribution in [2.45, 2.75) is 29.1 Å². The Hall–Kier alpha value is -2.54. The second kappa shape index (κ2) is 6.99. The summed E-state index contributed by atoms with van der Waals surface area (Å²) in [5.41, 5.74) is 1.86. The largest absolute Gasteiger partial charge is 0.497 e. The van der Waals surface area contributed by atoms with Crippen molar-refractivity contribution in [2.24, 2.45) is 0 Å². The van der Waals surface area contributed by atoms with Crippen LogP contribution in [-0.2, 0) is 9.84 Å².